The lowest BCUT2D eigenvalue weighted by atomic mass is 10.4. The van der Waals surface area contributed by atoms with Crippen molar-refractivity contribution in [2.45, 2.75) is 24.4 Å². The Kier molecular flexibility index (Phi) is 3.30. The Morgan fingerprint density at radius 2 is 2.00 bits per heavy atom. The second-order valence-electron chi connectivity index (χ2n) is 4.17. The van der Waals surface area contributed by atoms with Gasteiger partial charge in [-0.15, -0.1) is 0 Å². The van der Waals surface area contributed by atoms with Crippen LogP contribution in [0.15, 0.2) is 11.1 Å². The molecule has 2 heterocycles. The van der Waals surface area contributed by atoms with Gasteiger partial charge in [-0.25, -0.2) is 18.4 Å². The minimum Gasteiger partial charge on any atom is -0.341 e. The summed E-state index contributed by atoms with van der Waals surface area (Å²) in [5.41, 5.74) is 6.08. The summed E-state index contributed by atoms with van der Waals surface area (Å²) in [7, 11) is -3.32. The summed E-state index contributed by atoms with van der Waals surface area (Å²) in [5.74, 6) is 0.478. The Bertz CT molecular complexity index is 509. The quantitative estimate of drug-likeness (QED) is 0.762. The van der Waals surface area contributed by atoms with Crippen molar-refractivity contribution >= 4 is 15.8 Å². The molecular weight excluding hydrogens is 240 g/mol. The molecule has 17 heavy (non-hydrogen) atoms. The molecule has 1 aliphatic rings. The molecule has 94 valence electrons. The molecule has 0 amide bonds. The summed E-state index contributed by atoms with van der Waals surface area (Å²) in [6.07, 6.45) is 3.32. The third kappa shape index (κ3) is 2.73. The van der Waals surface area contributed by atoms with Gasteiger partial charge in [-0.1, -0.05) is 0 Å². The lowest BCUT2D eigenvalue weighted by molar-refractivity contribution is 0.597. The van der Waals surface area contributed by atoms with Crippen LogP contribution in [0.1, 0.15) is 18.5 Å². The van der Waals surface area contributed by atoms with Crippen LogP contribution in [0.25, 0.3) is 0 Å². The fourth-order valence-corrected chi connectivity index (χ4v) is 2.41. The van der Waals surface area contributed by atoms with Gasteiger partial charge < -0.3 is 10.6 Å². The van der Waals surface area contributed by atoms with Crippen LogP contribution in [0.5, 0.6) is 0 Å². The maximum absolute atomic E-state index is 11.5. The van der Waals surface area contributed by atoms with Gasteiger partial charge in [0.2, 0.25) is 5.95 Å². The molecule has 1 fully saturated rings. The van der Waals surface area contributed by atoms with Crippen LogP contribution in [0.2, 0.25) is 0 Å². The van der Waals surface area contributed by atoms with Crippen molar-refractivity contribution in [3.05, 3.63) is 11.8 Å². The molecule has 1 aromatic rings. The second kappa shape index (κ2) is 4.58. The summed E-state index contributed by atoms with van der Waals surface area (Å²) in [5, 5.41) is 0.0508. The van der Waals surface area contributed by atoms with Crippen molar-refractivity contribution in [3.8, 4) is 0 Å². The van der Waals surface area contributed by atoms with Crippen molar-refractivity contribution in [2.24, 2.45) is 5.73 Å². The Hall–Kier alpha value is -1.21. The van der Waals surface area contributed by atoms with Crippen molar-refractivity contribution in [3.63, 3.8) is 0 Å². The van der Waals surface area contributed by atoms with Crippen LogP contribution >= 0.6 is 0 Å². The highest BCUT2D eigenvalue weighted by molar-refractivity contribution is 7.90. The van der Waals surface area contributed by atoms with E-state index in [4.69, 9.17) is 5.73 Å². The highest BCUT2D eigenvalue weighted by atomic mass is 32.2. The van der Waals surface area contributed by atoms with E-state index in [0.717, 1.165) is 32.2 Å². The smallest absolute Gasteiger partial charge is 0.226 e. The van der Waals surface area contributed by atoms with Gasteiger partial charge in [-0.3, -0.25) is 0 Å². The number of sulfone groups is 1. The van der Waals surface area contributed by atoms with Crippen LogP contribution in [0.4, 0.5) is 5.95 Å². The molecule has 2 rings (SSSR count). The highest BCUT2D eigenvalue weighted by Crippen LogP contribution is 2.18. The molecular formula is C10H16N4O2S. The number of nitrogens with two attached hydrogens (primary N) is 1. The molecule has 0 aliphatic carbocycles. The summed E-state index contributed by atoms with van der Waals surface area (Å²) >= 11 is 0. The molecule has 0 aromatic carbocycles. The number of anilines is 1. The number of hydrogen-bond acceptors (Lipinski definition) is 6. The lowest BCUT2D eigenvalue weighted by Crippen LogP contribution is -2.22. The van der Waals surface area contributed by atoms with E-state index in [1.165, 1.54) is 6.07 Å². The van der Waals surface area contributed by atoms with Crippen LogP contribution in [0.3, 0.4) is 0 Å². The maximum Gasteiger partial charge on any atom is 0.226 e. The van der Waals surface area contributed by atoms with Gasteiger partial charge >= 0.3 is 0 Å². The van der Waals surface area contributed by atoms with Crippen LogP contribution in [-0.4, -0.2) is 37.7 Å². The Morgan fingerprint density at radius 1 is 1.35 bits per heavy atom. The number of rotatable bonds is 3. The Balaban J connectivity index is 2.45. The predicted molar refractivity (Wildman–Crippen MR) is 64.5 cm³/mol. The van der Waals surface area contributed by atoms with Gasteiger partial charge in [-0.05, 0) is 18.9 Å². The molecule has 0 radical (unpaired) electrons. The first kappa shape index (κ1) is 12.3. The van der Waals surface area contributed by atoms with E-state index in [2.05, 4.69) is 9.97 Å². The van der Waals surface area contributed by atoms with E-state index >= 15 is 0 Å². The summed E-state index contributed by atoms with van der Waals surface area (Å²) < 4.78 is 23.0. The molecule has 0 spiro atoms. The normalized spacial score (nSPS) is 16.5. The Labute approximate surface area is 101 Å². The molecule has 1 aliphatic heterocycles. The monoisotopic (exact) mass is 256 g/mol. The highest BCUT2D eigenvalue weighted by Gasteiger charge is 2.19. The van der Waals surface area contributed by atoms with E-state index < -0.39 is 9.84 Å². The van der Waals surface area contributed by atoms with Gasteiger partial charge in [-0.2, -0.15) is 0 Å². The minimum atomic E-state index is -3.32. The topological polar surface area (TPSA) is 89.2 Å². The molecule has 0 saturated carbocycles. The van der Waals surface area contributed by atoms with Crippen molar-refractivity contribution in [1.29, 1.82) is 0 Å². The van der Waals surface area contributed by atoms with Crippen LogP contribution in [-0.2, 0) is 16.4 Å². The fourth-order valence-electron chi connectivity index (χ4n) is 1.81. The third-order valence-corrected chi connectivity index (χ3v) is 3.69. The predicted octanol–water partition coefficient (Wildman–Crippen LogP) is -0.0610. The molecule has 0 bridgehead atoms. The van der Waals surface area contributed by atoms with E-state index in [1.54, 1.807) is 0 Å². The van der Waals surface area contributed by atoms with Crippen LogP contribution < -0.4 is 10.6 Å². The average molecular weight is 256 g/mol. The average Bonchev–Trinajstić information content (AvgIpc) is 2.80. The standard InChI is InChI=1S/C10H16N4O2S/c1-17(15,16)9-6-8(7-11)12-10(13-9)14-4-2-3-5-14/h6H,2-5,7,11H2,1H3. The minimum absolute atomic E-state index is 0.0508. The second-order valence-corrected chi connectivity index (χ2v) is 6.13. The third-order valence-electron chi connectivity index (χ3n) is 2.72. The largest absolute Gasteiger partial charge is 0.341 e. The van der Waals surface area contributed by atoms with E-state index in [0.29, 0.717) is 11.6 Å². The molecule has 0 atom stereocenters. The van der Waals surface area contributed by atoms with Gasteiger partial charge in [0.15, 0.2) is 14.9 Å². The Morgan fingerprint density at radius 3 is 2.53 bits per heavy atom. The first-order valence-corrected chi connectivity index (χ1v) is 7.43. The fraction of sp³-hybridized carbons (Fsp3) is 0.600. The summed E-state index contributed by atoms with van der Waals surface area (Å²) in [4.78, 5) is 10.4. The molecule has 0 unspecified atom stereocenters. The van der Waals surface area contributed by atoms with E-state index in [-0.39, 0.29) is 11.6 Å². The number of hydrogen-bond donors (Lipinski definition) is 1. The number of nitrogens with zero attached hydrogens (tertiary/aromatic N) is 3. The summed E-state index contributed by atoms with van der Waals surface area (Å²) in [6.45, 7) is 1.96. The lowest BCUT2D eigenvalue weighted by Gasteiger charge is -2.16. The first-order chi connectivity index (χ1) is 8.00. The SMILES string of the molecule is CS(=O)(=O)c1cc(CN)nc(N2CCCC2)n1. The number of aromatic nitrogens is 2. The molecule has 7 heteroatoms. The van der Waals surface area contributed by atoms with Crippen molar-refractivity contribution in [1.82, 2.24) is 9.97 Å². The van der Waals surface area contributed by atoms with Crippen molar-refractivity contribution < 1.29 is 8.42 Å². The summed E-state index contributed by atoms with van der Waals surface area (Å²) in [6, 6.07) is 1.44. The molecule has 2 N–H and O–H groups in total. The van der Waals surface area contributed by atoms with Gasteiger partial charge in [0.05, 0.1) is 5.69 Å². The zero-order valence-electron chi connectivity index (χ0n) is 9.76. The van der Waals surface area contributed by atoms with Gasteiger partial charge in [0.1, 0.15) is 0 Å². The molecule has 6 nitrogen and oxygen atoms in total. The zero-order valence-corrected chi connectivity index (χ0v) is 10.6. The molecule has 1 saturated heterocycles. The van der Waals surface area contributed by atoms with Gasteiger partial charge in [0, 0.05) is 25.9 Å². The maximum atomic E-state index is 11.5. The van der Waals surface area contributed by atoms with E-state index in [9.17, 15) is 8.42 Å². The van der Waals surface area contributed by atoms with Crippen molar-refractivity contribution in [2.75, 3.05) is 24.2 Å². The van der Waals surface area contributed by atoms with Crippen LogP contribution in [0, 0.1) is 0 Å². The van der Waals surface area contributed by atoms with E-state index in [1.807, 2.05) is 4.90 Å². The first-order valence-electron chi connectivity index (χ1n) is 5.54. The zero-order chi connectivity index (χ0) is 12.5. The van der Waals surface area contributed by atoms with Gasteiger partial charge in [0.25, 0.3) is 0 Å². The molecule has 1 aromatic heterocycles.